The lowest BCUT2D eigenvalue weighted by Crippen LogP contribution is -2.23. The van der Waals surface area contributed by atoms with Gasteiger partial charge in [0.15, 0.2) is 11.5 Å². The summed E-state index contributed by atoms with van der Waals surface area (Å²) in [6.07, 6.45) is 0. The zero-order valence-corrected chi connectivity index (χ0v) is 19.8. The molecule has 35 heavy (non-hydrogen) atoms. The van der Waals surface area contributed by atoms with Crippen LogP contribution in [0.2, 0.25) is 0 Å². The Labute approximate surface area is 203 Å². The van der Waals surface area contributed by atoms with Crippen LogP contribution in [-0.4, -0.2) is 39.1 Å². The van der Waals surface area contributed by atoms with Gasteiger partial charge in [0, 0.05) is 30.3 Å². The van der Waals surface area contributed by atoms with Gasteiger partial charge in [-0.1, -0.05) is 18.2 Å². The van der Waals surface area contributed by atoms with Crippen molar-refractivity contribution in [3.05, 3.63) is 77.4 Å². The summed E-state index contributed by atoms with van der Waals surface area (Å²) in [5.74, 6) is 0.258. The monoisotopic (exact) mass is 478 g/mol. The molecule has 2 amide bonds. The van der Waals surface area contributed by atoms with Gasteiger partial charge in [-0.25, -0.2) is 0 Å². The summed E-state index contributed by atoms with van der Waals surface area (Å²) in [6, 6.07) is 16.6. The van der Waals surface area contributed by atoms with Gasteiger partial charge in [0.05, 0.1) is 21.3 Å². The van der Waals surface area contributed by atoms with Crippen molar-refractivity contribution in [3.63, 3.8) is 0 Å². The van der Waals surface area contributed by atoms with Crippen LogP contribution in [0.25, 0.3) is 0 Å². The molecule has 3 aromatic rings. The molecule has 0 aliphatic heterocycles. The maximum absolute atomic E-state index is 12.9. The lowest BCUT2D eigenvalue weighted by atomic mass is 10.1. The Hall–Kier alpha value is -4.53. The van der Waals surface area contributed by atoms with Gasteiger partial charge in [0.2, 0.25) is 5.75 Å². The Morgan fingerprint density at radius 3 is 2.09 bits per heavy atom. The first-order valence-corrected chi connectivity index (χ1v) is 10.6. The zero-order chi connectivity index (χ0) is 25.4. The van der Waals surface area contributed by atoms with Crippen LogP contribution in [0.1, 0.15) is 33.2 Å². The van der Waals surface area contributed by atoms with Crippen molar-refractivity contribution in [2.24, 2.45) is 0 Å². The van der Waals surface area contributed by atoms with Gasteiger partial charge in [-0.3, -0.25) is 14.4 Å². The molecular weight excluding hydrogens is 452 g/mol. The second kappa shape index (κ2) is 11.6. The van der Waals surface area contributed by atoms with Gasteiger partial charge in [-0.15, -0.1) is 0 Å². The van der Waals surface area contributed by atoms with Crippen LogP contribution >= 0.6 is 0 Å². The molecule has 3 rings (SSSR count). The van der Waals surface area contributed by atoms with Gasteiger partial charge in [-0.05, 0) is 48.0 Å². The fourth-order valence-corrected chi connectivity index (χ4v) is 3.33. The molecule has 0 unspecified atom stereocenters. The quantitative estimate of drug-likeness (QED) is 0.355. The molecule has 0 fully saturated rings. The number of carbonyl (C=O) groups is 3. The smallest absolute Gasteiger partial charge is 0.308 e. The van der Waals surface area contributed by atoms with Crippen LogP contribution in [0.15, 0.2) is 60.7 Å². The average Bonchev–Trinajstić information content (AvgIpc) is 2.86. The normalized spacial score (nSPS) is 10.2. The lowest BCUT2D eigenvalue weighted by Gasteiger charge is -2.14. The molecule has 0 aliphatic carbocycles. The van der Waals surface area contributed by atoms with Gasteiger partial charge in [0.1, 0.15) is 5.75 Å². The largest absolute Gasteiger partial charge is 0.493 e. The third kappa shape index (κ3) is 6.50. The second-order valence-corrected chi connectivity index (χ2v) is 7.37. The summed E-state index contributed by atoms with van der Waals surface area (Å²) in [6.45, 7) is 1.52. The number of nitrogens with one attached hydrogen (secondary N) is 2. The molecule has 0 bridgehead atoms. The SMILES string of the molecule is COc1cc(C(=O)Nc2cccc(CNC(=O)c3cccc(OC(C)=O)c3)c2)cc(OC)c1OC. The predicted octanol–water partition coefficient (Wildman–Crippen LogP) is 3.82. The molecule has 9 heteroatoms. The summed E-state index contributed by atoms with van der Waals surface area (Å²) < 4.78 is 20.9. The maximum atomic E-state index is 12.9. The number of hydrogen-bond acceptors (Lipinski definition) is 7. The molecule has 0 atom stereocenters. The molecule has 0 saturated heterocycles. The minimum absolute atomic E-state index is 0.227. The first kappa shape index (κ1) is 25.1. The topological polar surface area (TPSA) is 112 Å². The van der Waals surface area contributed by atoms with Crippen LogP contribution in [0.5, 0.6) is 23.0 Å². The van der Waals surface area contributed by atoms with E-state index in [1.165, 1.54) is 34.3 Å². The minimum Gasteiger partial charge on any atom is -0.493 e. The summed E-state index contributed by atoms with van der Waals surface area (Å²) in [4.78, 5) is 36.5. The predicted molar refractivity (Wildman–Crippen MR) is 129 cm³/mol. The highest BCUT2D eigenvalue weighted by molar-refractivity contribution is 6.05. The van der Waals surface area contributed by atoms with Gasteiger partial charge in [-0.2, -0.15) is 0 Å². The number of amides is 2. The number of benzene rings is 3. The summed E-state index contributed by atoms with van der Waals surface area (Å²) in [5.41, 5.74) is 2.01. The maximum Gasteiger partial charge on any atom is 0.308 e. The number of esters is 1. The van der Waals surface area contributed by atoms with E-state index in [2.05, 4.69) is 10.6 Å². The van der Waals surface area contributed by atoms with Crippen LogP contribution < -0.4 is 29.6 Å². The molecule has 0 aliphatic rings. The highest BCUT2D eigenvalue weighted by Crippen LogP contribution is 2.38. The van der Waals surface area contributed by atoms with Crippen molar-refractivity contribution in [1.82, 2.24) is 5.32 Å². The minimum atomic E-state index is -0.465. The molecular formula is C26H26N2O7. The van der Waals surface area contributed by atoms with Crippen molar-refractivity contribution >= 4 is 23.5 Å². The molecule has 182 valence electrons. The van der Waals surface area contributed by atoms with E-state index in [1.807, 2.05) is 6.07 Å². The van der Waals surface area contributed by atoms with E-state index in [9.17, 15) is 14.4 Å². The van der Waals surface area contributed by atoms with Gasteiger partial charge < -0.3 is 29.6 Å². The Balaban J connectivity index is 1.68. The standard InChI is InChI=1S/C26H26N2O7/c1-16(29)35-21-10-6-8-18(12-21)25(30)27-15-17-7-5-9-20(11-17)28-26(31)19-13-22(32-2)24(34-4)23(14-19)33-3/h5-14H,15H2,1-4H3,(H,27,30)(H,28,31). The highest BCUT2D eigenvalue weighted by Gasteiger charge is 2.17. The third-order valence-electron chi connectivity index (χ3n) is 4.92. The van der Waals surface area contributed by atoms with Crippen LogP contribution in [-0.2, 0) is 11.3 Å². The van der Waals surface area contributed by atoms with Crippen molar-refractivity contribution < 1.29 is 33.3 Å². The fraction of sp³-hybridized carbons (Fsp3) is 0.192. The number of hydrogen-bond donors (Lipinski definition) is 2. The second-order valence-electron chi connectivity index (χ2n) is 7.37. The van der Waals surface area contributed by atoms with Crippen molar-refractivity contribution in [2.75, 3.05) is 26.6 Å². The zero-order valence-electron chi connectivity index (χ0n) is 19.8. The fourth-order valence-electron chi connectivity index (χ4n) is 3.33. The number of carbonyl (C=O) groups excluding carboxylic acids is 3. The average molecular weight is 479 g/mol. The molecule has 0 heterocycles. The van der Waals surface area contributed by atoms with E-state index in [0.29, 0.717) is 39.8 Å². The Bertz CT molecular complexity index is 1210. The van der Waals surface area contributed by atoms with Crippen LogP contribution in [0, 0.1) is 0 Å². The third-order valence-corrected chi connectivity index (χ3v) is 4.92. The van der Waals surface area contributed by atoms with E-state index in [4.69, 9.17) is 18.9 Å². The molecule has 0 saturated carbocycles. The number of rotatable bonds is 9. The number of methoxy groups -OCH3 is 3. The van der Waals surface area contributed by atoms with E-state index in [0.717, 1.165) is 5.56 Å². The van der Waals surface area contributed by atoms with E-state index in [-0.39, 0.29) is 18.4 Å². The van der Waals surface area contributed by atoms with E-state index < -0.39 is 5.97 Å². The molecule has 0 radical (unpaired) electrons. The van der Waals surface area contributed by atoms with Crippen LogP contribution in [0.3, 0.4) is 0 Å². The van der Waals surface area contributed by atoms with E-state index >= 15 is 0 Å². The highest BCUT2D eigenvalue weighted by atomic mass is 16.5. The molecule has 0 spiro atoms. The lowest BCUT2D eigenvalue weighted by molar-refractivity contribution is -0.131. The van der Waals surface area contributed by atoms with Crippen molar-refractivity contribution in [1.29, 1.82) is 0 Å². The molecule has 9 nitrogen and oxygen atoms in total. The van der Waals surface area contributed by atoms with Gasteiger partial charge in [0.25, 0.3) is 11.8 Å². The first-order chi connectivity index (χ1) is 16.8. The molecule has 3 aromatic carbocycles. The first-order valence-electron chi connectivity index (χ1n) is 10.6. The van der Waals surface area contributed by atoms with Gasteiger partial charge >= 0.3 is 5.97 Å². The molecule has 2 N–H and O–H groups in total. The van der Waals surface area contributed by atoms with Crippen LogP contribution in [0.4, 0.5) is 5.69 Å². The van der Waals surface area contributed by atoms with E-state index in [1.54, 1.807) is 48.5 Å². The molecule has 0 aromatic heterocycles. The summed E-state index contributed by atoms with van der Waals surface area (Å²) >= 11 is 0. The number of ether oxygens (including phenoxy) is 4. The Kier molecular flexibility index (Phi) is 8.29. The van der Waals surface area contributed by atoms with Crippen molar-refractivity contribution in [2.45, 2.75) is 13.5 Å². The number of anilines is 1. The Morgan fingerprint density at radius 1 is 0.771 bits per heavy atom. The van der Waals surface area contributed by atoms with Crippen molar-refractivity contribution in [3.8, 4) is 23.0 Å². The summed E-state index contributed by atoms with van der Waals surface area (Å²) in [7, 11) is 4.44. The Morgan fingerprint density at radius 2 is 1.46 bits per heavy atom. The summed E-state index contributed by atoms with van der Waals surface area (Å²) in [5, 5.41) is 5.64.